The number of rotatable bonds is 7. The summed E-state index contributed by atoms with van der Waals surface area (Å²) in [4.78, 5) is 30.3. The third-order valence-corrected chi connectivity index (χ3v) is 6.46. The molecule has 0 saturated carbocycles. The number of likely N-dealkylation sites (tertiary alicyclic amines) is 1. The molecule has 0 aromatic carbocycles. The van der Waals surface area contributed by atoms with Crippen LogP contribution in [0.3, 0.4) is 0 Å². The first-order chi connectivity index (χ1) is 16.0. The second kappa shape index (κ2) is 10.9. The molecule has 2 aromatic rings. The van der Waals surface area contributed by atoms with Gasteiger partial charge >= 0.3 is 5.97 Å². The van der Waals surface area contributed by atoms with Crippen LogP contribution in [0.15, 0.2) is 39.7 Å². The van der Waals surface area contributed by atoms with E-state index >= 15 is 0 Å². The van der Waals surface area contributed by atoms with Gasteiger partial charge in [-0.25, -0.2) is 4.79 Å². The number of furan rings is 1. The molecule has 2 aliphatic rings. The average molecular weight is 456 g/mol. The van der Waals surface area contributed by atoms with Crippen LogP contribution in [-0.2, 0) is 17.7 Å². The first kappa shape index (κ1) is 23.3. The molecule has 33 heavy (non-hydrogen) atoms. The van der Waals surface area contributed by atoms with Crippen molar-refractivity contribution in [3.05, 3.63) is 57.9 Å². The maximum Gasteiger partial charge on any atom is 0.343 e. The van der Waals surface area contributed by atoms with E-state index < -0.39 is 5.97 Å². The summed E-state index contributed by atoms with van der Waals surface area (Å²) in [5.41, 5.74) is 0.943. The highest BCUT2D eigenvalue weighted by Crippen LogP contribution is 2.25. The van der Waals surface area contributed by atoms with Gasteiger partial charge < -0.3 is 23.4 Å². The molecule has 0 aliphatic carbocycles. The number of hydrogen-bond acceptors (Lipinski definition) is 7. The van der Waals surface area contributed by atoms with Crippen LogP contribution in [0.4, 0.5) is 0 Å². The Morgan fingerprint density at radius 3 is 2.91 bits per heavy atom. The van der Waals surface area contributed by atoms with Crippen LogP contribution < -0.4 is 10.3 Å². The minimum Gasteiger partial charge on any atom is -0.492 e. The first-order valence-electron chi connectivity index (χ1n) is 11.6. The molecule has 2 aliphatic heterocycles. The van der Waals surface area contributed by atoms with Gasteiger partial charge in [0.2, 0.25) is 0 Å². The van der Waals surface area contributed by atoms with Crippen LogP contribution in [-0.4, -0.2) is 73.8 Å². The summed E-state index contributed by atoms with van der Waals surface area (Å²) in [5, 5.41) is 0. The van der Waals surface area contributed by atoms with Crippen molar-refractivity contribution < 1.29 is 18.7 Å². The summed E-state index contributed by atoms with van der Waals surface area (Å²) in [6, 6.07) is 5.22. The summed E-state index contributed by atoms with van der Waals surface area (Å²) in [7, 11) is 3.48. The highest BCUT2D eigenvalue weighted by atomic mass is 16.5. The van der Waals surface area contributed by atoms with Gasteiger partial charge in [-0.2, -0.15) is 0 Å². The Hall–Kier alpha value is -2.84. The lowest BCUT2D eigenvalue weighted by Gasteiger charge is -2.29. The lowest BCUT2D eigenvalue weighted by molar-refractivity contribution is 0.0590. The van der Waals surface area contributed by atoms with Gasteiger partial charge in [0.05, 0.1) is 20.0 Å². The maximum atomic E-state index is 13.0. The molecular weight excluding hydrogens is 422 g/mol. The highest BCUT2D eigenvalue weighted by molar-refractivity contribution is 5.93. The Morgan fingerprint density at radius 1 is 1.27 bits per heavy atom. The number of aromatic nitrogens is 1. The minimum absolute atomic E-state index is 0.138. The fourth-order valence-electron chi connectivity index (χ4n) is 4.73. The fourth-order valence-corrected chi connectivity index (χ4v) is 4.73. The summed E-state index contributed by atoms with van der Waals surface area (Å²) in [6.45, 7) is 5.22. The zero-order valence-corrected chi connectivity index (χ0v) is 19.5. The van der Waals surface area contributed by atoms with E-state index in [1.165, 1.54) is 13.2 Å². The summed E-state index contributed by atoms with van der Waals surface area (Å²) in [6.07, 6.45) is 8.42. The second-order valence-corrected chi connectivity index (χ2v) is 8.86. The van der Waals surface area contributed by atoms with Gasteiger partial charge in [0.15, 0.2) is 0 Å². The number of ether oxygens (including phenoxy) is 2. The van der Waals surface area contributed by atoms with E-state index in [-0.39, 0.29) is 5.56 Å². The average Bonchev–Trinajstić information content (AvgIpc) is 3.24. The Bertz CT molecular complexity index is 1030. The van der Waals surface area contributed by atoms with Gasteiger partial charge in [-0.1, -0.05) is 6.08 Å². The molecule has 8 nitrogen and oxygen atoms in total. The number of piperidine rings is 1. The van der Waals surface area contributed by atoms with Gasteiger partial charge in [-0.05, 0) is 44.6 Å². The lowest BCUT2D eigenvalue weighted by atomic mass is 9.99. The van der Waals surface area contributed by atoms with Gasteiger partial charge in [0, 0.05) is 56.8 Å². The van der Waals surface area contributed by atoms with Crippen molar-refractivity contribution in [2.45, 2.75) is 25.8 Å². The van der Waals surface area contributed by atoms with Crippen LogP contribution >= 0.6 is 0 Å². The molecular formula is C25H33N3O5. The molecule has 178 valence electrons. The third kappa shape index (κ3) is 5.75. The van der Waals surface area contributed by atoms with Crippen LogP contribution in [0.1, 0.15) is 34.7 Å². The predicted molar refractivity (Wildman–Crippen MR) is 126 cm³/mol. The van der Waals surface area contributed by atoms with Crippen molar-refractivity contribution in [1.82, 2.24) is 14.4 Å². The van der Waals surface area contributed by atoms with E-state index in [1.807, 2.05) is 18.2 Å². The molecule has 0 spiro atoms. The molecule has 2 aromatic heterocycles. The number of pyridine rings is 1. The molecule has 1 fully saturated rings. The van der Waals surface area contributed by atoms with Crippen molar-refractivity contribution in [2.24, 2.45) is 5.92 Å². The van der Waals surface area contributed by atoms with Crippen LogP contribution in [0.2, 0.25) is 0 Å². The van der Waals surface area contributed by atoms with Crippen molar-refractivity contribution in [2.75, 3.05) is 53.5 Å². The number of carbonyl (C=O) groups is 1. The molecule has 4 rings (SSSR count). The number of methoxy groups -OCH3 is 1. The number of carbonyl (C=O) groups excluding carboxylic acids is 1. The monoisotopic (exact) mass is 455 g/mol. The molecule has 0 bridgehead atoms. The Balaban J connectivity index is 1.51. The SMILES string of the molecule is COC(=O)c1c(OC[C@@H]2CCCN(C)C2)cc(=O)n2c1CCN(C/C=C/c1ccco1)CC2. The van der Waals surface area contributed by atoms with Crippen LogP contribution in [0.5, 0.6) is 5.75 Å². The van der Waals surface area contributed by atoms with E-state index in [1.54, 1.807) is 10.8 Å². The van der Waals surface area contributed by atoms with E-state index in [0.29, 0.717) is 49.0 Å². The van der Waals surface area contributed by atoms with Crippen molar-refractivity contribution in [3.8, 4) is 5.75 Å². The number of hydrogen-bond donors (Lipinski definition) is 0. The minimum atomic E-state index is -0.458. The molecule has 0 radical (unpaired) electrons. The Morgan fingerprint density at radius 2 is 2.15 bits per heavy atom. The van der Waals surface area contributed by atoms with Gasteiger partial charge in [0.1, 0.15) is 17.1 Å². The molecule has 1 saturated heterocycles. The predicted octanol–water partition coefficient (Wildman–Crippen LogP) is 2.52. The van der Waals surface area contributed by atoms with E-state index in [9.17, 15) is 9.59 Å². The zero-order valence-electron chi connectivity index (χ0n) is 19.5. The number of fused-ring (bicyclic) bond motifs is 1. The van der Waals surface area contributed by atoms with E-state index in [2.05, 4.69) is 22.9 Å². The fraction of sp³-hybridized carbons (Fsp3) is 0.520. The van der Waals surface area contributed by atoms with Gasteiger partial charge in [0.25, 0.3) is 5.56 Å². The third-order valence-electron chi connectivity index (χ3n) is 6.46. The normalized spacial score (nSPS) is 19.9. The molecule has 4 heterocycles. The summed E-state index contributed by atoms with van der Waals surface area (Å²) < 4.78 is 18.2. The molecule has 0 amide bonds. The topological polar surface area (TPSA) is 77.2 Å². The van der Waals surface area contributed by atoms with E-state index in [0.717, 1.165) is 44.8 Å². The Kier molecular flexibility index (Phi) is 7.67. The van der Waals surface area contributed by atoms with Crippen LogP contribution in [0, 0.1) is 5.92 Å². The maximum absolute atomic E-state index is 13.0. The van der Waals surface area contributed by atoms with Gasteiger partial charge in [-0.15, -0.1) is 0 Å². The first-order valence-corrected chi connectivity index (χ1v) is 11.6. The highest BCUT2D eigenvalue weighted by Gasteiger charge is 2.27. The zero-order chi connectivity index (χ0) is 23.2. The second-order valence-electron chi connectivity index (χ2n) is 8.86. The van der Waals surface area contributed by atoms with E-state index in [4.69, 9.17) is 13.9 Å². The molecule has 0 unspecified atom stereocenters. The largest absolute Gasteiger partial charge is 0.492 e. The van der Waals surface area contributed by atoms with Gasteiger partial charge in [-0.3, -0.25) is 9.69 Å². The molecule has 1 atom stereocenters. The molecule has 8 heteroatoms. The summed E-state index contributed by atoms with van der Waals surface area (Å²) >= 11 is 0. The van der Waals surface area contributed by atoms with Crippen molar-refractivity contribution in [3.63, 3.8) is 0 Å². The number of esters is 1. The quantitative estimate of drug-likeness (QED) is 0.594. The smallest absolute Gasteiger partial charge is 0.343 e. The molecule has 0 N–H and O–H groups in total. The number of nitrogens with zero attached hydrogens (tertiary/aromatic N) is 3. The lowest BCUT2D eigenvalue weighted by Crippen LogP contribution is -2.35. The van der Waals surface area contributed by atoms with Crippen molar-refractivity contribution in [1.29, 1.82) is 0 Å². The standard InChI is InChI=1S/C25H33N3O5/c1-26-10-3-6-19(17-26)18-33-22-16-23(29)28-14-13-27(11-4-7-20-8-5-15-32-20)12-9-21(28)24(22)25(30)31-2/h4-5,7-8,15-16,19H,3,6,9-14,17-18H2,1-2H3/b7-4+/t19-/m1/s1. The summed E-state index contributed by atoms with van der Waals surface area (Å²) in [5.74, 6) is 1.08. The van der Waals surface area contributed by atoms with Crippen molar-refractivity contribution >= 4 is 12.0 Å². The Labute approximate surface area is 194 Å². The van der Waals surface area contributed by atoms with Crippen LogP contribution in [0.25, 0.3) is 6.08 Å².